The van der Waals surface area contributed by atoms with Crippen molar-refractivity contribution in [3.05, 3.63) is 36.7 Å². The number of piperidine rings is 1. The third kappa shape index (κ3) is 1.62. The van der Waals surface area contributed by atoms with Crippen LogP contribution in [0.25, 0.3) is 10.8 Å². The van der Waals surface area contributed by atoms with Gasteiger partial charge in [-0.3, -0.25) is 14.3 Å². The lowest BCUT2D eigenvalue weighted by Gasteiger charge is -2.25. The van der Waals surface area contributed by atoms with Crippen LogP contribution in [0, 0.1) is 0 Å². The van der Waals surface area contributed by atoms with Crippen LogP contribution < -0.4 is 5.01 Å². The molecule has 0 bridgehead atoms. The lowest BCUT2D eigenvalue weighted by molar-refractivity contribution is -0.131. The Morgan fingerprint density at radius 3 is 1.94 bits per heavy atom. The molecule has 2 aromatic rings. The van der Waals surface area contributed by atoms with Gasteiger partial charge in [0.15, 0.2) is 0 Å². The maximum Gasteiger partial charge on any atom is 0.248 e. The van der Waals surface area contributed by atoms with Crippen LogP contribution in [-0.2, 0) is 9.59 Å². The van der Waals surface area contributed by atoms with Gasteiger partial charge >= 0.3 is 0 Å². The Hall–Kier alpha value is -2.10. The minimum atomic E-state index is -0.124. The molecule has 0 saturated carbocycles. The highest BCUT2D eigenvalue weighted by molar-refractivity contribution is 6.10. The van der Waals surface area contributed by atoms with Crippen molar-refractivity contribution in [1.82, 2.24) is 4.68 Å². The van der Waals surface area contributed by atoms with E-state index in [2.05, 4.69) is 0 Å². The first-order valence-corrected chi connectivity index (χ1v) is 5.68. The summed E-state index contributed by atoms with van der Waals surface area (Å²) in [6, 6.07) is 7.80. The number of nitrogens with zero attached hydrogens (tertiary/aromatic N) is 2. The second-order valence-corrected chi connectivity index (χ2v) is 4.22. The van der Waals surface area contributed by atoms with Crippen molar-refractivity contribution in [2.75, 3.05) is 5.01 Å². The summed E-state index contributed by atoms with van der Waals surface area (Å²) >= 11 is 0. The highest BCUT2D eigenvalue weighted by Gasteiger charge is 2.27. The van der Waals surface area contributed by atoms with Gasteiger partial charge in [0.25, 0.3) is 0 Å². The lowest BCUT2D eigenvalue weighted by Crippen LogP contribution is -2.47. The van der Waals surface area contributed by atoms with Crippen molar-refractivity contribution in [2.45, 2.75) is 19.3 Å². The van der Waals surface area contributed by atoms with Crippen LogP contribution in [0.15, 0.2) is 36.7 Å². The van der Waals surface area contributed by atoms with Crippen molar-refractivity contribution >= 4 is 22.6 Å². The molecule has 1 saturated heterocycles. The second kappa shape index (κ2) is 3.73. The van der Waals surface area contributed by atoms with Gasteiger partial charge in [-0.05, 0) is 6.42 Å². The molecule has 0 atom stereocenters. The summed E-state index contributed by atoms with van der Waals surface area (Å²) in [7, 11) is 0. The number of benzene rings is 1. The summed E-state index contributed by atoms with van der Waals surface area (Å²) in [5, 5.41) is 3.29. The standard InChI is InChI=1S/C13H12N2O2/c16-12-6-3-7-13(17)15(12)14-8-10-4-1-2-5-11(10)9-14/h1-2,4-5,8-9H,3,6-7H2. The predicted molar refractivity (Wildman–Crippen MR) is 64.0 cm³/mol. The quantitative estimate of drug-likeness (QED) is 0.699. The number of amides is 2. The van der Waals surface area contributed by atoms with Gasteiger partial charge in [0.05, 0.1) is 0 Å². The van der Waals surface area contributed by atoms with Crippen molar-refractivity contribution in [3.8, 4) is 0 Å². The van der Waals surface area contributed by atoms with Gasteiger partial charge in [-0.2, -0.15) is 5.01 Å². The zero-order chi connectivity index (χ0) is 11.8. The Balaban J connectivity index is 2.07. The fraction of sp³-hybridized carbons (Fsp3) is 0.231. The third-order valence-corrected chi connectivity index (χ3v) is 3.02. The zero-order valence-electron chi connectivity index (χ0n) is 9.30. The highest BCUT2D eigenvalue weighted by Crippen LogP contribution is 2.18. The summed E-state index contributed by atoms with van der Waals surface area (Å²) < 4.78 is 1.61. The SMILES string of the molecule is O=C1CCCC(=O)N1n1cc2ccccc2c1. The molecule has 2 amide bonds. The van der Waals surface area contributed by atoms with E-state index in [0.717, 1.165) is 10.8 Å². The Kier molecular flexibility index (Phi) is 2.21. The van der Waals surface area contributed by atoms with Gasteiger partial charge in [-0.15, -0.1) is 0 Å². The fourth-order valence-electron chi connectivity index (χ4n) is 2.18. The highest BCUT2D eigenvalue weighted by atomic mass is 16.2. The smallest absolute Gasteiger partial charge is 0.248 e. The molecule has 4 heteroatoms. The van der Waals surface area contributed by atoms with Crippen LogP contribution in [0.4, 0.5) is 0 Å². The summed E-state index contributed by atoms with van der Waals surface area (Å²) in [4.78, 5) is 23.5. The zero-order valence-corrected chi connectivity index (χ0v) is 9.30. The molecule has 1 aliphatic heterocycles. The largest absolute Gasteiger partial charge is 0.273 e. The van der Waals surface area contributed by atoms with E-state index in [0.29, 0.717) is 19.3 Å². The van der Waals surface area contributed by atoms with Crippen LogP contribution >= 0.6 is 0 Å². The van der Waals surface area contributed by atoms with E-state index in [9.17, 15) is 9.59 Å². The minimum Gasteiger partial charge on any atom is -0.273 e. The summed E-state index contributed by atoms with van der Waals surface area (Å²) in [5.41, 5.74) is 0. The van der Waals surface area contributed by atoms with E-state index in [-0.39, 0.29) is 11.8 Å². The van der Waals surface area contributed by atoms with Crippen molar-refractivity contribution in [1.29, 1.82) is 0 Å². The molecule has 2 heterocycles. The molecule has 1 fully saturated rings. The Morgan fingerprint density at radius 1 is 0.882 bits per heavy atom. The van der Waals surface area contributed by atoms with E-state index in [4.69, 9.17) is 0 Å². The summed E-state index contributed by atoms with van der Waals surface area (Å²) in [6.45, 7) is 0. The molecule has 1 aliphatic rings. The lowest BCUT2D eigenvalue weighted by atomic mass is 10.1. The number of carbonyl (C=O) groups excluding carboxylic acids is 2. The molecule has 1 aromatic heterocycles. The van der Waals surface area contributed by atoms with Gasteiger partial charge in [-0.25, -0.2) is 0 Å². The average molecular weight is 228 g/mol. The molecule has 3 rings (SSSR count). The number of rotatable bonds is 1. The number of carbonyl (C=O) groups is 2. The van der Waals surface area contributed by atoms with E-state index in [1.165, 1.54) is 5.01 Å². The van der Waals surface area contributed by atoms with E-state index in [1.54, 1.807) is 4.68 Å². The first kappa shape index (κ1) is 10.1. The second-order valence-electron chi connectivity index (χ2n) is 4.22. The number of hydrogen-bond acceptors (Lipinski definition) is 2. The third-order valence-electron chi connectivity index (χ3n) is 3.02. The number of aromatic nitrogens is 1. The molecule has 0 aliphatic carbocycles. The van der Waals surface area contributed by atoms with Crippen molar-refractivity contribution in [3.63, 3.8) is 0 Å². The normalized spacial score (nSPS) is 16.8. The molecule has 0 radical (unpaired) electrons. The van der Waals surface area contributed by atoms with Crippen LogP contribution in [0.5, 0.6) is 0 Å². The first-order valence-electron chi connectivity index (χ1n) is 5.68. The maximum atomic E-state index is 11.8. The average Bonchev–Trinajstić information content (AvgIpc) is 2.71. The molecule has 0 N–H and O–H groups in total. The number of hydrogen-bond donors (Lipinski definition) is 0. The van der Waals surface area contributed by atoms with Crippen molar-refractivity contribution in [2.24, 2.45) is 0 Å². The van der Waals surface area contributed by atoms with E-state index in [1.807, 2.05) is 36.7 Å². The van der Waals surface area contributed by atoms with Gasteiger partial charge in [0.2, 0.25) is 11.8 Å². The van der Waals surface area contributed by atoms with E-state index >= 15 is 0 Å². The van der Waals surface area contributed by atoms with Gasteiger partial charge in [0, 0.05) is 36.0 Å². The number of fused-ring (bicyclic) bond motifs is 1. The molecule has 0 spiro atoms. The molecule has 4 nitrogen and oxygen atoms in total. The monoisotopic (exact) mass is 228 g/mol. The molecule has 1 aromatic carbocycles. The Morgan fingerprint density at radius 2 is 1.41 bits per heavy atom. The summed E-state index contributed by atoms with van der Waals surface area (Å²) in [6.07, 6.45) is 5.18. The predicted octanol–water partition coefficient (Wildman–Crippen LogP) is 1.82. The first-order chi connectivity index (χ1) is 8.25. The molecular weight excluding hydrogens is 216 g/mol. The minimum absolute atomic E-state index is 0.124. The summed E-state index contributed by atoms with van der Waals surface area (Å²) in [5.74, 6) is -0.247. The Bertz CT molecular complexity index is 551. The van der Waals surface area contributed by atoms with Gasteiger partial charge in [0.1, 0.15) is 0 Å². The van der Waals surface area contributed by atoms with E-state index < -0.39 is 0 Å². The van der Waals surface area contributed by atoms with Crippen LogP contribution in [0.1, 0.15) is 19.3 Å². The Labute approximate surface area is 98.4 Å². The van der Waals surface area contributed by atoms with Gasteiger partial charge in [-0.1, -0.05) is 24.3 Å². The number of imide groups is 1. The molecule has 0 unspecified atom stereocenters. The molecular formula is C13H12N2O2. The fourth-order valence-corrected chi connectivity index (χ4v) is 2.18. The molecule has 17 heavy (non-hydrogen) atoms. The van der Waals surface area contributed by atoms with Gasteiger partial charge < -0.3 is 0 Å². The topological polar surface area (TPSA) is 42.3 Å². The van der Waals surface area contributed by atoms with Crippen LogP contribution in [0.2, 0.25) is 0 Å². The van der Waals surface area contributed by atoms with Crippen molar-refractivity contribution < 1.29 is 9.59 Å². The molecule has 86 valence electrons. The maximum absolute atomic E-state index is 11.8. The van der Waals surface area contributed by atoms with Crippen LogP contribution in [-0.4, -0.2) is 16.5 Å². The van der Waals surface area contributed by atoms with Crippen LogP contribution in [0.3, 0.4) is 0 Å².